The second kappa shape index (κ2) is 43.8. The molecule has 0 radical (unpaired) electrons. The zero-order valence-electron chi connectivity index (χ0n) is 77.3. The minimum absolute atomic E-state index is 0.0109. The molecule has 6 aromatic rings. The van der Waals surface area contributed by atoms with Crippen LogP contribution < -0.4 is 46.1 Å². The van der Waals surface area contributed by atoms with Gasteiger partial charge in [0, 0.05) is 52.9 Å². The van der Waals surface area contributed by atoms with Crippen LogP contribution >= 0.6 is 0 Å². The van der Waals surface area contributed by atoms with E-state index < -0.39 is 175 Å². The van der Waals surface area contributed by atoms with Crippen molar-refractivity contribution >= 4 is 103 Å². The molecule has 11 amide bonds. The van der Waals surface area contributed by atoms with Crippen LogP contribution in [0.5, 0.6) is 11.5 Å². The van der Waals surface area contributed by atoms with Crippen molar-refractivity contribution in [1.29, 1.82) is 0 Å². The number of rotatable bonds is 38. The Labute approximate surface area is 757 Å². The number of nitrogens with zero attached hydrogens (tertiary/aromatic N) is 4. The molecule has 9 rings (SSSR count). The number of carbonyl (C=O) groups excluding carboxylic acids is 12. The third-order valence-electron chi connectivity index (χ3n) is 23.0. The summed E-state index contributed by atoms with van der Waals surface area (Å²) in [7, 11) is -0.104. The number of ether oxygens (including phenoxy) is 5. The predicted octanol–water partition coefficient (Wildman–Crippen LogP) is 10.5. The third kappa shape index (κ3) is 28.7. The van der Waals surface area contributed by atoms with Crippen LogP contribution in [0.3, 0.4) is 0 Å². The Kier molecular flexibility index (Phi) is 34.1. The van der Waals surface area contributed by atoms with Gasteiger partial charge in [-0.15, -0.1) is 6.58 Å². The summed E-state index contributed by atoms with van der Waals surface area (Å²) in [4.78, 5) is 179. The Balaban J connectivity index is 0.930. The molecule has 6 aromatic carbocycles. The average Bonchev–Trinajstić information content (AvgIpc) is 1.68. The Morgan fingerprint density at radius 2 is 0.837 bits per heavy atom. The van der Waals surface area contributed by atoms with Gasteiger partial charge < -0.3 is 65.4 Å². The molecule has 0 bridgehead atoms. The molecular weight excluding hydrogens is 1670 g/mol. The van der Waals surface area contributed by atoms with Crippen LogP contribution in [0.15, 0.2) is 171 Å². The van der Waals surface area contributed by atoms with Gasteiger partial charge in [0.1, 0.15) is 96.3 Å². The molecule has 2 heterocycles. The number of sulfonamides is 1. The maximum absolute atomic E-state index is 15.6. The van der Waals surface area contributed by atoms with Gasteiger partial charge in [-0.25, -0.2) is 22.8 Å². The molecule has 0 unspecified atom stereocenters. The highest BCUT2D eigenvalue weighted by molar-refractivity contribution is 7.91. The molecule has 0 aromatic heterocycles. The molecule has 3 fully saturated rings. The maximum Gasteiger partial charge on any atom is 0.410 e. The number of amides is 11. The van der Waals surface area contributed by atoms with Gasteiger partial charge in [0.15, 0.2) is 0 Å². The smallest absolute Gasteiger partial charge is 0.410 e. The van der Waals surface area contributed by atoms with E-state index in [9.17, 15) is 37.2 Å². The molecular formula is C98H129N11O19S. The first-order valence-corrected chi connectivity index (χ1v) is 45.4. The minimum Gasteiger partial charge on any atom is -0.490 e. The van der Waals surface area contributed by atoms with E-state index in [0.29, 0.717) is 59.4 Å². The predicted molar refractivity (Wildman–Crippen MR) is 492 cm³/mol. The number of benzene rings is 6. The van der Waals surface area contributed by atoms with E-state index in [1.807, 2.05) is 84.9 Å². The van der Waals surface area contributed by atoms with Crippen molar-refractivity contribution in [1.82, 2.24) is 56.2 Å². The molecule has 1 aliphatic carbocycles. The van der Waals surface area contributed by atoms with E-state index >= 15 is 28.8 Å². The lowest BCUT2D eigenvalue weighted by Gasteiger charge is -2.37. The Morgan fingerprint density at radius 3 is 1.23 bits per heavy atom. The molecule has 7 N–H and O–H groups in total. The van der Waals surface area contributed by atoms with Gasteiger partial charge >= 0.3 is 18.2 Å². The Morgan fingerprint density at radius 1 is 0.457 bits per heavy atom. The van der Waals surface area contributed by atoms with E-state index in [2.05, 4.69) is 49.8 Å². The van der Waals surface area contributed by atoms with E-state index in [1.54, 1.807) is 156 Å². The molecule has 12 atom stereocenters. The topological polar surface area (TPSA) is 382 Å². The van der Waals surface area contributed by atoms with Gasteiger partial charge in [0.25, 0.3) is 5.91 Å². The van der Waals surface area contributed by atoms with Crippen molar-refractivity contribution < 1.29 is 89.6 Å². The number of nitrogens with one attached hydrogen (secondary N) is 7. The van der Waals surface area contributed by atoms with E-state index in [-0.39, 0.29) is 70.7 Å². The molecule has 1 saturated carbocycles. The summed E-state index contributed by atoms with van der Waals surface area (Å²) in [6.07, 6.45) is 6.64. The van der Waals surface area contributed by atoms with Crippen LogP contribution in [0.2, 0.25) is 0 Å². The Hall–Kier alpha value is -12.1. The van der Waals surface area contributed by atoms with Gasteiger partial charge in [0.05, 0.1) is 12.4 Å². The number of methoxy groups -OCH3 is 1. The lowest BCUT2D eigenvalue weighted by Crippen LogP contribution is -2.61. The summed E-state index contributed by atoms with van der Waals surface area (Å²) in [6.45, 7) is 31.7. The van der Waals surface area contributed by atoms with Gasteiger partial charge in [-0.1, -0.05) is 182 Å². The fourth-order valence-corrected chi connectivity index (χ4v) is 16.7. The lowest BCUT2D eigenvalue weighted by molar-refractivity contribution is -0.146. The standard InChI is InChI=1S/C98H129N11O19S/c1-20-28-66-56-79(108(58-66)90(117)81(95(5,6)7)103-83(110)60(3)106(17)93(120)127-97(11,12)13)88(115)101-76(55-65-35-41-69-31-23-25-33-71(69)51-65)86(113)102-78(92(119)124-19)53-63-38-44-73(45-39-63)126-49-27-26-29-67-57-80(109(59-67)91(118)82(96(8,9)10)104-84(111)61(4)107(18)94(121)128-98(14,15)16)89(116)100-75(54-64-34-40-68-30-22-24-32-70(68)50-64)85(112)99-77(87(114)105-129(122,123)74-46-47-74)52-62-36-42-72(43-37-62)125-48-21-2/h20-27,30-45,50-51,60-61,66-67,74-82H,1-2,28-29,46-49,52-59H2,3-19H3,(H,99,112)(H,100,116)(H,101,115)(H,102,113)(H,103,110)(H,104,111)(H,105,114)/b27-26+/t60-,61-,66-,67-,75-,76-,77-,78-,79-,80-,81+,82+/m0/s1. The van der Waals surface area contributed by atoms with E-state index in [1.165, 1.54) is 44.9 Å². The van der Waals surface area contributed by atoms with Crippen LogP contribution in [-0.2, 0) is 97.9 Å². The fourth-order valence-electron chi connectivity index (χ4n) is 15.4. The number of likely N-dealkylation sites (tertiary alicyclic amines) is 2. The van der Waals surface area contributed by atoms with Gasteiger partial charge in [-0.05, 0) is 185 Å². The van der Waals surface area contributed by atoms with Gasteiger partial charge in [0.2, 0.25) is 57.3 Å². The summed E-state index contributed by atoms with van der Waals surface area (Å²) in [5.41, 5.74) is -1.25. The van der Waals surface area contributed by atoms with Crippen molar-refractivity contribution in [3.05, 3.63) is 193 Å². The largest absolute Gasteiger partial charge is 0.490 e. The number of fused-ring (bicyclic) bond motifs is 2. The molecule has 3 aliphatic rings. The summed E-state index contributed by atoms with van der Waals surface area (Å²) < 4.78 is 57.1. The SMILES string of the molecule is C=CCOc1ccc(C[C@H](NC(=O)[C@H](Cc2ccc3ccccc3c2)NC(=O)[C@@H]2C[C@H](C/C=C/COc3ccc(C[C@H](NC(=O)[C@H](Cc4ccc5ccccc5c4)NC(=O)[C@@H]4C[C@H](CC=C)CN4C(=O)[C@@H](NC(=O)[C@H](C)N(C)C(=O)OC(C)(C)C)C(C)(C)C)C(=O)OC)cc3)CN2C(=O)[C@@H](NC(=O)[C@H](C)N(C)C(=O)OC(C)(C)C)C(C)(C)C)C(=O)NS(=O)(=O)C2CC2)cc1. The zero-order chi connectivity index (χ0) is 94.8. The number of hydrogen-bond acceptors (Lipinski definition) is 19. The average molecular weight is 1800 g/mol. The second-order valence-corrected chi connectivity index (χ2v) is 39.9. The van der Waals surface area contributed by atoms with Gasteiger partial charge in [-0.3, -0.25) is 57.7 Å². The highest BCUT2D eigenvalue weighted by Crippen LogP contribution is 2.35. The fraction of sp³-hybridized carbons (Fsp3) is 0.490. The summed E-state index contributed by atoms with van der Waals surface area (Å²) in [5.74, 6) is -6.96. The van der Waals surface area contributed by atoms with Gasteiger partial charge in [-0.2, -0.15) is 0 Å². The highest BCUT2D eigenvalue weighted by Gasteiger charge is 2.49. The monoisotopic (exact) mass is 1800 g/mol. The number of likely N-dealkylation sites (N-methyl/N-ethyl adjacent to an activating group) is 2. The lowest BCUT2D eigenvalue weighted by atomic mass is 9.85. The normalized spacial score (nSPS) is 17.9. The van der Waals surface area contributed by atoms with Crippen molar-refractivity contribution in [3.8, 4) is 11.5 Å². The van der Waals surface area contributed by atoms with Crippen LogP contribution in [0.4, 0.5) is 9.59 Å². The number of carbonyl (C=O) groups is 12. The molecule has 696 valence electrons. The molecule has 129 heavy (non-hydrogen) atoms. The minimum atomic E-state index is -4.12. The van der Waals surface area contributed by atoms with Crippen LogP contribution in [-0.4, -0.2) is 224 Å². The van der Waals surface area contributed by atoms with Crippen molar-refractivity contribution in [2.75, 3.05) is 47.5 Å². The molecule has 0 spiro atoms. The summed E-state index contributed by atoms with van der Waals surface area (Å²) in [5, 5.41) is 20.1. The van der Waals surface area contributed by atoms with Crippen molar-refractivity contribution in [3.63, 3.8) is 0 Å². The first kappa shape index (κ1) is 101. The number of hydrogen-bond donors (Lipinski definition) is 7. The molecule has 2 aliphatic heterocycles. The van der Waals surface area contributed by atoms with Crippen molar-refractivity contribution in [2.24, 2.45) is 22.7 Å². The molecule has 30 nitrogen and oxygen atoms in total. The Bertz CT molecular complexity index is 5200. The zero-order valence-corrected chi connectivity index (χ0v) is 78.1. The van der Waals surface area contributed by atoms with Crippen LogP contribution in [0.1, 0.15) is 158 Å². The number of esters is 1. The highest BCUT2D eigenvalue weighted by atomic mass is 32.2. The van der Waals surface area contributed by atoms with E-state index in [0.717, 1.165) is 31.3 Å². The summed E-state index contributed by atoms with van der Waals surface area (Å²) >= 11 is 0. The van der Waals surface area contributed by atoms with E-state index in [4.69, 9.17) is 23.7 Å². The second-order valence-electron chi connectivity index (χ2n) is 38.0. The molecule has 31 heteroatoms. The third-order valence-corrected chi connectivity index (χ3v) is 24.9. The van der Waals surface area contributed by atoms with Crippen molar-refractivity contribution in [2.45, 2.75) is 238 Å². The quantitative estimate of drug-likeness (QED) is 0.0108. The number of allylic oxidation sites excluding steroid dienone is 2. The first-order chi connectivity index (χ1) is 60.6. The maximum atomic E-state index is 15.6. The van der Waals surface area contributed by atoms with Crippen LogP contribution in [0, 0.1) is 22.7 Å². The molecule has 2 saturated heterocycles. The van der Waals surface area contributed by atoms with Crippen LogP contribution in [0.25, 0.3) is 21.5 Å². The summed E-state index contributed by atoms with van der Waals surface area (Å²) in [6, 6.07) is 27.3. The first-order valence-electron chi connectivity index (χ1n) is 43.9.